The molecule has 0 aromatic heterocycles. The van der Waals surface area contributed by atoms with Crippen LogP contribution in [0.4, 0.5) is 0 Å². The Labute approximate surface area is 110 Å². The quantitative estimate of drug-likeness (QED) is 0.806. The molecule has 0 aromatic carbocycles. The maximum atomic E-state index is 12.2. The first-order chi connectivity index (χ1) is 8.79. The molecule has 1 N–H and O–H groups in total. The van der Waals surface area contributed by atoms with Gasteiger partial charge >= 0.3 is 0 Å². The molecule has 2 fully saturated rings. The summed E-state index contributed by atoms with van der Waals surface area (Å²) in [5.41, 5.74) is 0. The van der Waals surface area contributed by atoms with Gasteiger partial charge in [-0.05, 0) is 19.4 Å². The van der Waals surface area contributed by atoms with E-state index in [4.69, 9.17) is 4.74 Å². The summed E-state index contributed by atoms with van der Waals surface area (Å²) in [6.45, 7) is 3.03. The fraction of sp³-hybridized carbons (Fsp3) is 0.929. The molecule has 0 spiro atoms. The van der Waals surface area contributed by atoms with Crippen molar-refractivity contribution >= 4 is 5.91 Å². The normalized spacial score (nSPS) is 25.6. The van der Waals surface area contributed by atoms with E-state index in [1.54, 1.807) is 0 Å². The predicted octanol–water partition coefficient (Wildman–Crippen LogP) is 1.40. The second-order valence-corrected chi connectivity index (χ2v) is 5.58. The molecule has 1 unspecified atom stereocenters. The number of nitrogens with zero attached hydrogens (tertiary/aromatic N) is 1. The van der Waals surface area contributed by atoms with E-state index >= 15 is 0 Å². The Balaban J connectivity index is 1.70. The first-order valence-electron chi connectivity index (χ1n) is 7.33. The van der Waals surface area contributed by atoms with Crippen molar-refractivity contribution < 1.29 is 9.53 Å². The summed E-state index contributed by atoms with van der Waals surface area (Å²) in [5, 5.41) is 3.11. The van der Waals surface area contributed by atoms with Gasteiger partial charge in [0, 0.05) is 26.1 Å². The molecule has 1 heterocycles. The summed E-state index contributed by atoms with van der Waals surface area (Å²) >= 11 is 0. The zero-order valence-corrected chi connectivity index (χ0v) is 11.5. The number of ether oxygens (including phenoxy) is 1. The highest BCUT2D eigenvalue weighted by Crippen LogP contribution is 2.28. The minimum absolute atomic E-state index is 0.166. The minimum Gasteiger partial charge on any atom is -0.373 e. The first kappa shape index (κ1) is 13.8. The van der Waals surface area contributed by atoms with Crippen molar-refractivity contribution in [3.8, 4) is 0 Å². The number of hydrogen-bond acceptors (Lipinski definition) is 3. The molecule has 2 rings (SSSR count). The highest BCUT2D eigenvalue weighted by atomic mass is 16.5. The van der Waals surface area contributed by atoms with Crippen molar-refractivity contribution in [1.29, 1.82) is 0 Å². The average Bonchev–Trinajstić information content (AvgIpc) is 2.90. The molecule has 0 aromatic rings. The van der Waals surface area contributed by atoms with E-state index in [-0.39, 0.29) is 6.10 Å². The molecular formula is C14H26N2O2. The highest BCUT2D eigenvalue weighted by molar-refractivity contribution is 5.76. The Morgan fingerprint density at radius 3 is 2.89 bits per heavy atom. The summed E-state index contributed by atoms with van der Waals surface area (Å²) in [6, 6.07) is 0. The fourth-order valence-corrected chi connectivity index (χ4v) is 3.08. The van der Waals surface area contributed by atoms with Gasteiger partial charge in [0.1, 0.15) is 0 Å². The molecule has 1 atom stereocenters. The monoisotopic (exact) mass is 254 g/mol. The third-order valence-corrected chi connectivity index (χ3v) is 4.16. The smallest absolute Gasteiger partial charge is 0.222 e. The zero-order valence-electron chi connectivity index (χ0n) is 11.5. The number of nitrogens with one attached hydrogen (secondary N) is 1. The van der Waals surface area contributed by atoms with Gasteiger partial charge in [-0.1, -0.05) is 25.7 Å². The van der Waals surface area contributed by atoms with Gasteiger partial charge in [0.25, 0.3) is 0 Å². The SMILES string of the molecule is CNCC1CN(C(=O)CCC2CCCC2)CCO1. The predicted molar refractivity (Wildman–Crippen MR) is 71.4 cm³/mol. The summed E-state index contributed by atoms with van der Waals surface area (Å²) in [4.78, 5) is 14.1. The van der Waals surface area contributed by atoms with Crippen LogP contribution in [0.1, 0.15) is 38.5 Å². The summed E-state index contributed by atoms with van der Waals surface area (Å²) in [5.74, 6) is 1.13. The number of morpholine rings is 1. The maximum Gasteiger partial charge on any atom is 0.222 e. The van der Waals surface area contributed by atoms with Crippen molar-refractivity contribution in [3.05, 3.63) is 0 Å². The van der Waals surface area contributed by atoms with Crippen molar-refractivity contribution in [1.82, 2.24) is 10.2 Å². The molecule has 1 saturated carbocycles. The van der Waals surface area contributed by atoms with E-state index in [0.29, 0.717) is 12.5 Å². The van der Waals surface area contributed by atoms with Gasteiger partial charge in [0.05, 0.1) is 12.7 Å². The highest BCUT2D eigenvalue weighted by Gasteiger charge is 2.24. The lowest BCUT2D eigenvalue weighted by Crippen LogP contribution is -2.48. The summed E-state index contributed by atoms with van der Waals surface area (Å²) < 4.78 is 5.62. The first-order valence-corrected chi connectivity index (χ1v) is 7.33. The molecule has 0 radical (unpaired) electrons. The van der Waals surface area contributed by atoms with Crippen LogP contribution in [0.25, 0.3) is 0 Å². The molecule has 1 amide bonds. The Hall–Kier alpha value is -0.610. The minimum atomic E-state index is 0.166. The van der Waals surface area contributed by atoms with Crippen molar-refractivity contribution in [2.75, 3.05) is 33.3 Å². The lowest BCUT2D eigenvalue weighted by Gasteiger charge is -2.33. The van der Waals surface area contributed by atoms with E-state index in [0.717, 1.165) is 38.4 Å². The van der Waals surface area contributed by atoms with Crippen LogP contribution < -0.4 is 5.32 Å². The second kappa shape index (κ2) is 7.10. The molecule has 2 aliphatic rings. The Morgan fingerprint density at radius 1 is 1.39 bits per heavy atom. The van der Waals surface area contributed by atoms with Gasteiger partial charge < -0.3 is 15.0 Å². The van der Waals surface area contributed by atoms with Crippen molar-refractivity contribution in [2.24, 2.45) is 5.92 Å². The van der Waals surface area contributed by atoms with Crippen molar-refractivity contribution in [2.45, 2.75) is 44.6 Å². The second-order valence-electron chi connectivity index (χ2n) is 5.58. The standard InChI is InChI=1S/C14H26N2O2/c1-15-10-13-11-16(8-9-18-13)14(17)7-6-12-4-2-3-5-12/h12-13,15H,2-11H2,1H3. The van der Waals surface area contributed by atoms with E-state index in [1.807, 2.05) is 11.9 Å². The van der Waals surface area contributed by atoms with E-state index in [9.17, 15) is 4.79 Å². The van der Waals surface area contributed by atoms with Crippen LogP contribution >= 0.6 is 0 Å². The lowest BCUT2D eigenvalue weighted by molar-refractivity contribution is -0.138. The van der Waals surface area contributed by atoms with E-state index in [1.165, 1.54) is 25.7 Å². The fourth-order valence-electron chi connectivity index (χ4n) is 3.08. The zero-order chi connectivity index (χ0) is 12.8. The van der Waals surface area contributed by atoms with Crippen LogP contribution in [0.3, 0.4) is 0 Å². The maximum absolute atomic E-state index is 12.2. The van der Waals surface area contributed by atoms with Gasteiger partial charge in [-0.25, -0.2) is 0 Å². The lowest BCUT2D eigenvalue weighted by atomic mass is 10.0. The third kappa shape index (κ3) is 3.95. The van der Waals surface area contributed by atoms with Gasteiger partial charge in [0.15, 0.2) is 0 Å². The van der Waals surface area contributed by atoms with Crippen LogP contribution in [-0.4, -0.2) is 50.2 Å². The van der Waals surface area contributed by atoms with Gasteiger partial charge in [-0.2, -0.15) is 0 Å². The molecule has 1 aliphatic heterocycles. The topological polar surface area (TPSA) is 41.6 Å². The number of carbonyl (C=O) groups excluding carboxylic acids is 1. The number of hydrogen-bond donors (Lipinski definition) is 1. The van der Waals surface area contributed by atoms with Crippen LogP contribution in [0.2, 0.25) is 0 Å². The van der Waals surface area contributed by atoms with Crippen LogP contribution in [0, 0.1) is 5.92 Å². The molecular weight excluding hydrogens is 228 g/mol. The molecule has 1 saturated heterocycles. The number of likely N-dealkylation sites (N-methyl/N-ethyl adjacent to an activating group) is 1. The summed E-state index contributed by atoms with van der Waals surface area (Å²) in [7, 11) is 1.92. The third-order valence-electron chi connectivity index (χ3n) is 4.16. The average molecular weight is 254 g/mol. The molecule has 1 aliphatic carbocycles. The van der Waals surface area contributed by atoms with Crippen LogP contribution in [0.5, 0.6) is 0 Å². The molecule has 4 nitrogen and oxygen atoms in total. The number of rotatable bonds is 5. The Kier molecular flexibility index (Phi) is 5.45. The summed E-state index contributed by atoms with van der Waals surface area (Å²) in [6.07, 6.45) is 7.38. The van der Waals surface area contributed by atoms with Crippen LogP contribution in [0.15, 0.2) is 0 Å². The Morgan fingerprint density at radius 2 is 2.17 bits per heavy atom. The van der Waals surface area contributed by atoms with Gasteiger partial charge in [0.2, 0.25) is 5.91 Å². The number of carbonyl (C=O) groups is 1. The molecule has 0 bridgehead atoms. The molecule has 4 heteroatoms. The molecule has 104 valence electrons. The van der Waals surface area contributed by atoms with Crippen LogP contribution in [-0.2, 0) is 9.53 Å². The molecule has 18 heavy (non-hydrogen) atoms. The van der Waals surface area contributed by atoms with E-state index in [2.05, 4.69) is 5.32 Å². The van der Waals surface area contributed by atoms with Crippen molar-refractivity contribution in [3.63, 3.8) is 0 Å². The van der Waals surface area contributed by atoms with Gasteiger partial charge in [-0.3, -0.25) is 4.79 Å². The van der Waals surface area contributed by atoms with Gasteiger partial charge in [-0.15, -0.1) is 0 Å². The van der Waals surface area contributed by atoms with E-state index < -0.39 is 0 Å². The number of amides is 1. The Bertz CT molecular complexity index is 263. The largest absolute Gasteiger partial charge is 0.373 e.